The number of nitriles is 1. The molecule has 3 aromatic rings. The van der Waals surface area contributed by atoms with Gasteiger partial charge in [0.15, 0.2) is 0 Å². The number of para-hydroxylation sites is 1. The molecule has 1 aliphatic rings. The summed E-state index contributed by atoms with van der Waals surface area (Å²) < 4.78 is 5.44. The summed E-state index contributed by atoms with van der Waals surface area (Å²) in [4.78, 5) is 26.0. The molecule has 1 amide bonds. The van der Waals surface area contributed by atoms with Gasteiger partial charge in [-0.15, -0.1) is 0 Å². The minimum absolute atomic E-state index is 0.0621. The zero-order chi connectivity index (χ0) is 26.2. The molecule has 4 rings (SSSR count). The van der Waals surface area contributed by atoms with Gasteiger partial charge in [0.05, 0.1) is 46.2 Å². The van der Waals surface area contributed by atoms with Gasteiger partial charge < -0.3 is 15.4 Å². The minimum Gasteiger partial charge on any atom is -0.463 e. The number of carbonyl (C=O) groups excluding carboxylic acids is 2. The first-order valence-corrected chi connectivity index (χ1v) is 13.0. The van der Waals surface area contributed by atoms with E-state index in [1.165, 1.54) is 11.8 Å². The van der Waals surface area contributed by atoms with Gasteiger partial charge in [-0.25, -0.2) is 4.79 Å². The molecule has 0 saturated heterocycles. The number of thioether (sulfide) groups is 1. The second kappa shape index (κ2) is 12.3. The Bertz CT molecular complexity index is 1380. The Kier molecular flexibility index (Phi) is 8.68. The lowest BCUT2D eigenvalue weighted by Crippen LogP contribution is -2.29. The van der Waals surface area contributed by atoms with Crippen LogP contribution in [0.4, 0.5) is 5.69 Å². The van der Waals surface area contributed by atoms with Crippen molar-refractivity contribution in [2.75, 3.05) is 17.7 Å². The van der Waals surface area contributed by atoms with Gasteiger partial charge >= 0.3 is 5.97 Å². The van der Waals surface area contributed by atoms with E-state index in [-0.39, 0.29) is 18.3 Å². The third kappa shape index (κ3) is 6.23. The summed E-state index contributed by atoms with van der Waals surface area (Å²) in [7, 11) is 0. The standard InChI is InChI=1S/C29H24ClN3O3S/c1-2-36-29(35)26-25(19-13-15-21(30)16-14-19)23(17-31)28(33-27(26)20-9-5-3-6-10-20)37-18-24(34)32-22-11-7-4-8-12-22/h3-16,25,33H,2,18H2,1H3,(H,32,34). The first kappa shape index (κ1) is 26.1. The lowest BCUT2D eigenvalue weighted by molar-refractivity contribution is -0.138. The van der Waals surface area contributed by atoms with E-state index in [0.29, 0.717) is 38.1 Å². The zero-order valence-corrected chi connectivity index (χ0v) is 21.6. The smallest absolute Gasteiger partial charge is 0.337 e. The highest BCUT2D eigenvalue weighted by Crippen LogP contribution is 2.43. The number of hydrogen-bond acceptors (Lipinski definition) is 6. The Morgan fingerprint density at radius 3 is 2.30 bits per heavy atom. The number of hydrogen-bond donors (Lipinski definition) is 2. The van der Waals surface area contributed by atoms with Crippen molar-refractivity contribution in [3.63, 3.8) is 0 Å². The Balaban J connectivity index is 1.77. The van der Waals surface area contributed by atoms with Crippen molar-refractivity contribution in [3.8, 4) is 6.07 Å². The number of anilines is 1. The number of esters is 1. The number of allylic oxidation sites excluding steroid dienone is 1. The van der Waals surface area contributed by atoms with Crippen LogP contribution in [-0.4, -0.2) is 24.2 Å². The Morgan fingerprint density at radius 2 is 1.68 bits per heavy atom. The van der Waals surface area contributed by atoms with Crippen molar-refractivity contribution in [1.82, 2.24) is 5.32 Å². The predicted octanol–water partition coefficient (Wildman–Crippen LogP) is 6.11. The molecule has 0 fully saturated rings. The second-order valence-corrected chi connectivity index (χ2v) is 9.46. The SMILES string of the molecule is CCOC(=O)C1=C(c2ccccc2)NC(SCC(=O)Nc2ccccc2)=C(C#N)C1c1ccc(Cl)cc1. The number of carbonyl (C=O) groups is 2. The number of dihydropyridines is 1. The van der Waals surface area contributed by atoms with E-state index in [1.807, 2.05) is 48.5 Å². The average molecular weight is 530 g/mol. The molecule has 1 heterocycles. The molecular weight excluding hydrogens is 506 g/mol. The second-order valence-electron chi connectivity index (χ2n) is 8.04. The van der Waals surface area contributed by atoms with Crippen LogP contribution in [0.3, 0.4) is 0 Å². The Labute approximate surface area is 225 Å². The molecule has 0 saturated carbocycles. The van der Waals surface area contributed by atoms with Crippen molar-refractivity contribution in [2.24, 2.45) is 0 Å². The van der Waals surface area contributed by atoms with Crippen molar-refractivity contribution < 1.29 is 14.3 Å². The summed E-state index contributed by atoms with van der Waals surface area (Å²) in [5, 5.41) is 17.4. The molecule has 0 aliphatic carbocycles. The normalized spacial score (nSPS) is 15.0. The molecule has 0 bridgehead atoms. The van der Waals surface area contributed by atoms with Crippen molar-refractivity contribution >= 4 is 46.6 Å². The molecule has 1 atom stereocenters. The third-order valence-corrected chi connectivity index (χ3v) is 6.89. The fourth-order valence-corrected chi connectivity index (χ4v) is 4.97. The van der Waals surface area contributed by atoms with Gasteiger partial charge in [0.1, 0.15) is 0 Å². The molecule has 0 aromatic heterocycles. The van der Waals surface area contributed by atoms with E-state index in [1.54, 1.807) is 43.3 Å². The molecule has 1 unspecified atom stereocenters. The Hall–Kier alpha value is -3.99. The van der Waals surface area contributed by atoms with E-state index in [2.05, 4.69) is 16.7 Å². The number of halogens is 1. The molecule has 3 aromatic carbocycles. The Morgan fingerprint density at radius 1 is 1.03 bits per heavy atom. The number of nitrogens with one attached hydrogen (secondary N) is 2. The lowest BCUT2D eigenvalue weighted by atomic mass is 9.81. The van der Waals surface area contributed by atoms with Crippen molar-refractivity contribution in [1.29, 1.82) is 5.26 Å². The van der Waals surface area contributed by atoms with Crippen LogP contribution in [0.2, 0.25) is 5.02 Å². The van der Waals surface area contributed by atoms with Crippen LogP contribution >= 0.6 is 23.4 Å². The maximum atomic E-state index is 13.3. The van der Waals surface area contributed by atoms with Crippen LogP contribution in [0.1, 0.15) is 24.0 Å². The molecule has 8 heteroatoms. The summed E-state index contributed by atoms with van der Waals surface area (Å²) >= 11 is 7.34. The number of amides is 1. The van der Waals surface area contributed by atoms with Crippen molar-refractivity contribution in [3.05, 3.63) is 117 Å². The maximum absolute atomic E-state index is 13.3. The van der Waals surface area contributed by atoms with E-state index in [9.17, 15) is 14.9 Å². The monoisotopic (exact) mass is 529 g/mol. The lowest BCUT2D eigenvalue weighted by Gasteiger charge is -2.30. The highest BCUT2D eigenvalue weighted by molar-refractivity contribution is 8.03. The quantitative estimate of drug-likeness (QED) is 0.342. The van der Waals surface area contributed by atoms with Crippen LogP contribution < -0.4 is 10.6 Å². The van der Waals surface area contributed by atoms with Crippen molar-refractivity contribution in [2.45, 2.75) is 12.8 Å². The maximum Gasteiger partial charge on any atom is 0.337 e. The molecular formula is C29H24ClN3O3S. The fraction of sp³-hybridized carbons (Fsp3) is 0.138. The van der Waals surface area contributed by atoms with Gasteiger partial charge in [-0.2, -0.15) is 5.26 Å². The molecule has 2 N–H and O–H groups in total. The topological polar surface area (TPSA) is 91.2 Å². The average Bonchev–Trinajstić information content (AvgIpc) is 2.92. The van der Waals surface area contributed by atoms with E-state index in [0.717, 1.165) is 5.56 Å². The summed E-state index contributed by atoms with van der Waals surface area (Å²) in [6.07, 6.45) is 0. The van der Waals surface area contributed by atoms with E-state index in [4.69, 9.17) is 16.3 Å². The number of ether oxygens (including phenoxy) is 1. The summed E-state index contributed by atoms with van der Waals surface area (Å²) in [6.45, 7) is 1.92. The van der Waals surface area contributed by atoms with Crippen LogP contribution in [0, 0.1) is 11.3 Å². The highest BCUT2D eigenvalue weighted by atomic mass is 35.5. The first-order valence-electron chi connectivity index (χ1n) is 11.6. The predicted molar refractivity (Wildman–Crippen MR) is 147 cm³/mol. The van der Waals surface area contributed by atoms with Crippen LogP contribution in [0.15, 0.2) is 101 Å². The first-order chi connectivity index (χ1) is 18.0. The molecule has 6 nitrogen and oxygen atoms in total. The molecule has 0 spiro atoms. The van der Waals surface area contributed by atoms with Crippen LogP contribution in [-0.2, 0) is 14.3 Å². The largest absolute Gasteiger partial charge is 0.463 e. The fourth-order valence-electron chi connectivity index (χ4n) is 4.00. The number of benzene rings is 3. The van der Waals surface area contributed by atoms with E-state index < -0.39 is 11.9 Å². The van der Waals surface area contributed by atoms with Crippen LogP contribution in [0.25, 0.3) is 5.70 Å². The van der Waals surface area contributed by atoms with Gasteiger partial charge in [0.25, 0.3) is 0 Å². The summed E-state index contributed by atoms with van der Waals surface area (Å²) in [5.41, 5.74) is 3.34. The third-order valence-electron chi connectivity index (χ3n) is 5.62. The molecule has 37 heavy (non-hydrogen) atoms. The van der Waals surface area contributed by atoms with Gasteiger partial charge in [0.2, 0.25) is 5.91 Å². The van der Waals surface area contributed by atoms with Gasteiger partial charge in [-0.3, -0.25) is 4.79 Å². The molecule has 1 aliphatic heterocycles. The van der Waals surface area contributed by atoms with Gasteiger partial charge in [0, 0.05) is 10.7 Å². The molecule has 0 radical (unpaired) electrons. The zero-order valence-electron chi connectivity index (χ0n) is 20.0. The summed E-state index contributed by atoms with van der Waals surface area (Å²) in [5.74, 6) is -1.39. The van der Waals surface area contributed by atoms with Gasteiger partial charge in [-0.05, 0) is 42.3 Å². The number of rotatable bonds is 8. The molecule has 186 valence electrons. The minimum atomic E-state index is -0.711. The van der Waals surface area contributed by atoms with Crippen LogP contribution in [0.5, 0.6) is 0 Å². The van der Waals surface area contributed by atoms with E-state index >= 15 is 0 Å². The summed E-state index contributed by atoms with van der Waals surface area (Å²) in [6, 6.07) is 27.8. The number of nitrogens with zero attached hydrogens (tertiary/aromatic N) is 1. The van der Waals surface area contributed by atoms with Gasteiger partial charge in [-0.1, -0.05) is 84.0 Å². The highest BCUT2D eigenvalue weighted by Gasteiger charge is 2.37.